The fourth-order valence-corrected chi connectivity index (χ4v) is 1.97. The molecule has 1 heterocycles. The van der Waals surface area contributed by atoms with Gasteiger partial charge in [0, 0.05) is 20.8 Å². The molecule has 1 rings (SSSR count). The van der Waals surface area contributed by atoms with Gasteiger partial charge in [0.05, 0.1) is 0 Å². The summed E-state index contributed by atoms with van der Waals surface area (Å²) in [5, 5.41) is 2.04. The standard InChI is InChI=1S/C6H8BrNS/c1-4(8)6-2-5(7)3-9-6/h2-4H,8H2,1H3/t4-/m1/s1. The Bertz CT molecular complexity index is 195. The summed E-state index contributed by atoms with van der Waals surface area (Å²) < 4.78 is 1.12. The lowest BCUT2D eigenvalue weighted by Crippen LogP contribution is -2.01. The Morgan fingerprint density at radius 2 is 2.44 bits per heavy atom. The maximum absolute atomic E-state index is 5.62. The van der Waals surface area contributed by atoms with E-state index in [1.54, 1.807) is 11.3 Å². The molecule has 0 saturated heterocycles. The van der Waals surface area contributed by atoms with Crippen molar-refractivity contribution in [3.8, 4) is 0 Å². The van der Waals surface area contributed by atoms with Gasteiger partial charge in [-0.05, 0) is 28.9 Å². The van der Waals surface area contributed by atoms with Gasteiger partial charge in [0.15, 0.2) is 0 Å². The number of halogens is 1. The van der Waals surface area contributed by atoms with Crippen LogP contribution in [0, 0.1) is 0 Å². The number of rotatable bonds is 1. The molecule has 9 heavy (non-hydrogen) atoms. The Morgan fingerprint density at radius 3 is 2.67 bits per heavy atom. The van der Waals surface area contributed by atoms with Crippen molar-refractivity contribution in [3.05, 3.63) is 20.8 Å². The zero-order valence-corrected chi connectivity index (χ0v) is 7.50. The van der Waals surface area contributed by atoms with Crippen LogP contribution in [0.4, 0.5) is 0 Å². The van der Waals surface area contributed by atoms with Crippen molar-refractivity contribution < 1.29 is 0 Å². The number of hydrogen-bond acceptors (Lipinski definition) is 2. The Kier molecular flexibility index (Phi) is 2.27. The largest absolute Gasteiger partial charge is 0.324 e. The fraction of sp³-hybridized carbons (Fsp3) is 0.333. The highest BCUT2D eigenvalue weighted by Crippen LogP contribution is 2.23. The molecule has 0 aliphatic rings. The van der Waals surface area contributed by atoms with E-state index >= 15 is 0 Å². The van der Waals surface area contributed by atoms with Crippen LogP contribution < -0.4 is 5.73 Å². The first-order chi connectivity index (χ1) is 4.20. The van der Waals surface area contributed by atoms with Crippen molar-refractivity contribution >= 4 is 27.3 Å². The summed E-state index contributed by atoms with van der Waals surface area (Å²) >= 11 is 5.04. The molecule has 0 aliphatic carbocycles. The molecule has 1 aromatic heterocycles. The zero-order valence-electron chi connectivity index (χ0n) is 5.10. The summed E-state index contributed by atoms with van der Waals surface area (Å²) in [6, 6.07) is 2.22. The van der Waals surface area contributed by atoms with Crippen molar-refractivity contribution in [3.63, 3.8) is 0 Å². The molecule has 1 atom stereocenters. The van der Waals surface area contributed by atoms with E-state index in [1.807, 2.05) is 12.3 Å². The minimum Gasteiger partial charge on any atom is -0.324 e. The van der Waals surface area contributed by atoms with Crippen molar-refractivity contribution in [2.45, 2.75) is 13.0 Å². The van der Waals surface area contributed by atoms with Crippen LogP contribution in [0.3, 0.4) is 0 Å². The zero-order chi connectivity index (χ0) is 6.85. The quantitative estimate of drug-likeness (QED) is 0.750. The van der Waals surface area contributed by atoms with Crippen molar-refractivity contribution in [1.29, 1.82) is 0 Å². The van der Waals surface area contributed by atoms with Crippen molar-refractivity contribution in [2.75, 3.05) is 0 Å². The number of hydrogen-bond donors (Lipinski definition) is 1. The van der Waals surface area contributed by atoms with Crippen LogP contribution in [0.25, 0.3) is 0 Å². The van der Waals surface area contributed by atoms with Gasteiger partial charge >= 0.3 is 0 Å². The smallest absolute Gasteiger partial charge is 0.0361 e. The summed E-state index contributed by atoms with van der Waals surface area (Å²) in [6.45, 7) is 1.98. The van der Waals surface area contributed by atoms with Crippen molar-refractivity contribution in [2.24, 2.45) is 5.73 Å². The van der Waals surface area contributed by atoms with Crippen LogP contribution >= 0.6 is 27.3 Å². The number of thiophene rings is 1. The highest BCUT2D eigenvalue weighted by Gasteiger charge is 2.00. The molecule has 50 valence electrons. The molecule has 1 aromatic rings. The molecule has 0 fully saturated rings. The molecule has 0 unspecified atom stereocenters. The molecule has 0 radical (unpaired) electrons. The molecule has 0 amide bonds. The lowest BCUT2D eigenvalue weighted by Gasteiger charge is -1.96. The normalized spacial score (nSPS) is 13.7. The van der Waals surface area contributed by atoms with E-state index in [0.29, 0.717) is 0 Å². The predicted molar refractivity (Wildman–Crippen MR) is 44.6 cm³/mol. The van der Waals surface area contributed by atoms with E-state index in [1.165, 1.54) is 4.88 Å². The highest BCUT2D eigenvalue weighted by atomic mass is 79.9. The molecule has 0 spiro atoms. The minimum absolute atomic E-state index is 0.168. The van der Waals surface area contributed by atoms with E-state index < -0.39 is 0 Å². The molecule has 0 aliphatic heterocycles. The minimum atomic E-state index is 0.168. The van der Waals surface area contributed by atoms with E-state index in [4.69, 9.17) is 5.73 Å². The molecule has 0 bridgehead atoms. The molecule has 0 saturated carbocycles. The maximum atomic E-state index is 5.62. The first-order valence-corrected chi connectivity index (χ1v) is 4.37. The average molecular weight is 206 g/mol. The first-order valence-electron chi connectivity index (χ1n) is 2.69. The van der Waals surface area contributed by atoms with Crippen LogP contribution in [0.5, 0.6) is 0 Å². The third kappa shape index (κ3) is 1.78. The van der Waals surface area contributed by atoms with Gasteiger partial charge in [-0.1, -0.05) is 0 Å². The van der Waals surface area contributed by atoms with E-state index in [2.05, 4.69) is 22.0 Å². The summed E-state index contributed by atoms with van der Waals surface area (Å²) in [5.74, 6) is 0. The van der Waals surface area contributed by atoms with Gasteiger partial charge in [0.25, 0.3) is 0 Å². The lowest BCUT2D eigenvalue weighted by atomic mass is 10.3. The SMILES string of the molecule is C[C@@H](N)c1cc(Br)cs1. The lowest BCUT2D eigenvalue weighted by molar-refractivity contribution is 0.838. The van der Waals surface area contributed by atoms with Crippen LogP contribution in [0.1, 0.15) is 17.8 Å². The summed E-state index contributed by atoms with van der Waals surface area (Å²) in [4.78, 5) is 1.22. The van der Waals surface area contributed by atoms with Gasteiger partial charge in [0.1, 0.15) is 0 Å². The van der Waals surface area contributed by atoms with Crippen LogP contribution in [-0.4, -0.2) is 0 Å². The van der Waals surface area contributed by atoms with Gasteiger partial charge in [-0.2, -0.15) is 0 Å². The van der Waals surface area contributed by atoms with E-state index in [0.717, 1.165) is 4.47 Å². The average Bonchev–Trinajstić information content (AvgIpc) is 2.14. The topological polar surface area (TPSA) is 26.0 Å². The molecule has 3 heteroatoms. The van der Waals surface area contributed by atoms with Gasteiger partial charge in [-0.25, -0.2) is 0 Å². The second kappa shape index (κ2) is 2.82. The Hall–Kier alpha value is 0.140. The molecule has 0 aromatic carbocycles. The van der Waals surface area contributed by atoms with Crippen LogP contribution in [0.15, 0.2) is 15.9 Å². The van der Waals surface area contributed by atoms with Crippen LogP contribution in [0.2, 0.25) is 0 Å². The van der Waals surface area contributed by atoms with Gasteiger partial charge in [-0.15, -0.1) is 11.3 Å². The molecule has 2 N–H and O–H groups in total. The predicted octanol–water partition coefficient (Wildman–Crippen LogP) is 2.53. The second-order valence-electron chi connectivity index (χ2n) is 1.96. The highest BCUT2D eigenvalue weighted by molar-refractivity contribution is 9.10. The van der Waals surface area contributed by atoms with E-state index in [9.17, 15) is 0 Å². The van der Waals surface area contributed by atoms with Crippen LogP contribution in [-0.2, 0) is 0 Å². The summed E-state index contributed by atoms with van der Waals surface area (Å²) in [5.41, 5.74) is 5.62. The van der Waals surface area contributed by atoms with E-state index in [-0.39, 0.29) is 6.04 Å². The summed E-state index contributed by atoms with van der Waals surface area (Å²) in [6.07, 6.45) is 0. The Labute approximate surface area is 67.0 Å². The molecular formula is C6H8BrNS. The molecular weight excluding hydrogens is 198 g/mol. The van der Waals surface area contributed by atoms with Gasteiger partial charge in [-0.3, -0.25) is 0 Å². The fourth-order valence-electron chi connectivity index (χ4n) is 0.567. The van der Waals surface area contributed by atoms with Gasteiger partial charge < -0.3 is 5.73 Å². The summed E-state index contributed by atoms with van der Waals surface area (Å²) in [7, 11) is 0. The Morgan fingerprint density at radius 1 is 1.78 bits per heavy atom. The Balaban J connectivity index is 2.85. The third-order valence-corrected chi connectivity index (χ3v) is 2.93. The molecule has 1 nitrogen and oxygen atoms in total. The maximum Gasteiger partial charge on any atom is 0.0361 e. The monoisotopic (exact) mass is 205 g/mol. The number of nitrogens with two attached hydrogens (primary N) is 1. The first kappa shape index (κ1) is 7.25. The van der Waals surface area contributed by atoms with Gasteiger partial charge in [0.2, 0.25) is 0 Å². The van der Waals surface area contributed by atoms with Crippen molar-refractivity contribution in [1.82, 2.24) is 0 Å². The third-order valence-electron chi connectivity index (χ3n) is 1.04. The second-order valence-corrected chi connectivity index (χ2v) is 3.81.